The minimum Gasteiger partial charge on any atom is -0.496 e. The Morgan fingerprint density at radius 3 is 2.26 bits per heavy atom. The third-order valence-electron chi connectivity index (χ3n) is 4.65. The van der Waals surface area contributed by atoms with E-state index in [1.54, 1.807) is 7.11 Å². The molecule has 2 rings (SSSR count). The Bertz CT molecular complexity index is 457. The van der Waals surface area contributed by atoms with Crippen LogP contribution in [0, 0.1) is 25.7 Å². The highest BCUT2D eigenvalue weighted by Crippen LogP contribution is 2.44. The quantitative estimate of drug-likeness (QED) is 0.875. The Kier molecular flexibility index (Phi) is 3.91. The fourth-order valence-corrected chi connectivity index (χ4v) is 3.85. The van der Waals surface area contributed by atoms with E-state index in [9.17, 15) is 0 Å². The average molecular weight is 261 g/mol. The Morgan fingerprint density at radius 2 is 1.74 bits per heavy atom. The summed E-state index contributed by atoms with van der Waals surface area (Å²) in [5.41, 5.74) is 10.2. The zero-order valence-corrected chi connectivity index (χ0v) is 12.9. The number of rotatable bonds is 2. The van der Waals surface area contributed by atoms with E-state index in [1.807, 2.05) is 0 Å². The first-order valence-electron chi connectivity index (χ1n) is 7.31. The Labute approximate surface area is 117 Å². The third kappa shape index (κ3) is 2.64. The van der Waals surface area contributed by atoms with Crippen molar-refractivity contribution in [1.29, 1.82) is 0 Å². The lowest BCUT2D eigenvalue weighted by molar-refractivity contribution is 0.179. The van der Waals surface area contributed by atoms with Crippen molar-refractivity contribution in [1.82, 2.24) is 0 Å². The molecule has 1 aliphatic carbocycles. The van der Waals surface area contributed by atoms with E-state index < -0.39 is 0 Å². The molecule has 0 heterocycles. The molecule has 2 N–H and O–H groups in total. The summed E-state index contributed by atoms with van der Waals surface area (Å²) in [6.45, 7) is 8.86. The van der Waals surface area contributed by atoms with Crippen LogP contribution in [0.3, 0.4) is 0 Å². The van der Waals surface area contributed by atoms with Crippen LogP contribution in [-0.2, 0) is 5.54 Å². The highest BCUT2D eigenvalue weighted by molar-refractivity contribution is 5.48. The molecule has 1 saturated carbocycles. The number of ether oxygens (including phenoxy) is 1. The second kappa shape index (κ2) is 5.16. The largest absolute Gasteiger partial charge is 0.496 e. The number of hydrogen-bond acceptors (Lipinski definition) is 2. The van der Waals surface area contributed by atoms with Crippen molar-refractivity contribution in [2.75, 3.05) is 7.11 Å². The maximum absolute atomic E-state index is 6.78. The highest BCUT2D eigenvalue weighted by atomic mass is 16.5. The third-order valence-corrected chi connectivity index (χ3v) is 4.65. The molecule has 106 valence electrons. The summed E-state index contributed by atoms with van der Waals surface area (Å²) in [5.74, 6) is 2.35. The van der Waals surface area contributed by atoms with Crippen LogP contribution in [0.25, 0.3) is 0 Å². The van der Waals surface area contributed by atoms with Crippen LogP contribution in [0.1, 0.15) is 49.8 Å². The molecule has 0 amide bonds. The zero-order valence-electron chi connectivity index (χ0n) is 12.9. The minimum atomic E-state index is -0.235. The van der Waals surface area contributed by atoms with Gasteiger partial charge in [-0.05, 0) is 56.1 Å². The Balaban J connectivity index is 2.48. The summed E-state index contributed by atoms with van der Waals surface area (Å²) in [5, 5.41) is 0. The van der Waals surface area contributed by atoms with Gasteiger partial charge < -0.3 is 10.5 Å². The van der Waals surface area contributed by atoms with Gasteiger partial charge in [0.2, 0.25) is 0 Å². The summed E-state index contributed by atoms with van der Waals surface area (Å²) >= 11 is 0. The van der Waals surface area contributed by atoms with Crippen LogP contribution < -0.4 is 10.5 Å². The molecule has 2 unspecified atom stereocenters. The summed E-state index contributed by atoms with van der Waals surface area (Å²) in [4.78, 5) is 0. The maximum atomic E-state index is 6.78. The molecule has 0 aromatic heterocycles. The summed E-state index contributed by atoms with van der Waals surface area (Å²) in [6, 6.07) is 4.34. The standard InChI is InChI=1S/C17H27NO/c1-11-8-12(2)10-17(18,9-11)15-7-6-13(3)14(4)16(15)19-5/h6-7,11-12H,8-10,18H2,1-5H3. The molecular weight excluding hydrogens is 234 g/mol. The van der Waals surface area contributed by atoms with Crippen molar-refractivity contribution in [2.24, 2.45) is 17.6 Å². The second-order valence-corrected chi connectivity index (χ2v) is 6.60. The van der Waals surface area contributed by atoms with E-state index in [0.29, 0.717) is 11.8 Å². The highest BCUT2D eigenvalue weighted by Gasteiger charge is 2.38. The normalized spacial score (nSPS) is 31.3. The Morgan fingerprint density at radius 1 is 1.16 bits per heavy atom. The first-order valence-corrected chi connectivity index (χ1v) is 7.31. The van der Waals surface area contributed by atoms with E-state index in [0.717, 1.165) is 18.6 Å². The van der Waals surface area contributed by atoms with Gasteiger partial charge in [0, 0.05) is 11.1 Å². The van der Waals surface area contributed by atoms with Crippen LogP contribution >= 0.6 is 0 Å². The first-order chi connectivity index (χ1) is 8.87. The van der Waals surface area contributed by atoms with Gasteiger partial charge in [-0.3, -0.25) is 0 Å². The minimum absolute atomic E-state index is 0.235. The van der Waals surface area contributed by atoms with Gasteiger partial charge in [-0.1, -0.05) is 26.0 Å². The van der Waals surface area contributed by atoms with Gasteiger partial charge in [0.25, 0.3) is 0 Å². The molecule has 0 spiro atoms. The smallest absolute Gasteiger partial charge is 0.127 e. The molecule has 2 atom stereocenters. The van der Waals surface area contributed by atoms with Crippen molar-refractivity contribution in [3.63, 3.8) is 0 Å². The fraction of sp³-hybridized carbons (Fsp3) is 0.647. The molecule has 0 radical (unpaired) electrons. The van der Waals surface area contributed by atoms with Crippen LogP contribution in [0.4, 0.5) is 0 Å². The molecule has 1 aliphatic rings. The van der Waals surface area contributed by atoms with Crippen LogP contribution in [0.15, 0.2) is 12.1 Å². The van der Waals surface area contributed by atoms with E-state index in [2.05, 4.69) is 39.8 Å². The second-order valence-electron chi connectivity index (χ2n) is 6.60. The number of nitrogens with two attached hydrogens (primary N) is 1. The molecule has 0 saturated heterocycles. The molecule has 2 nitrogen and oxygen atoms in total. The van der Waals surface area contributed by atoms with Crippen LogP contribution in [-0.4, -0.2) is 7.11 Å². The van der Waals surface area contributed by atoms with Crippen molar-refractivity contribution in [3.05, 3.63) is 28.8 Å². The van der Waals surface area contributed by atoms with Gasteiger partial charge in [-0.2, -0.15) is 0 Å². The molecule has 1 aromatic rings. The van der Waals surface area contributed by atoms with E-state index >= 15 is 0 Å². The number of hydrogen-bond donors (Lipinski definition) is 1. The van der Waals surface area contributed by atoms with Crippen molar-refractivity contribution in [3.8, 4) is 5.75 Å². The molecule has 2 heteroatoms. The van der Waals surface area contributed by atoms with E-state index in [-0.39, 0.29) is 5.54 Å². The Hall–Kier alpha value is -1.02. The van der Waals surface area contributed by atoms with Crippen molar-refractivity contribution in [2.45, 2.75) is 52.5 Å². The van der Waals surface area contributed by atoms with Crippen LogP contribution in [0.2, 0.25) is 0 Å². The lowest BCUT2D eigenvalue weighted by atomic mass is 9.68. The van der Waals surface area contributed by atoms with Gasteiger partial charge in [-0.25, -0.2) is 0 Å². The van der Waals surface area contributed by atoms with Crippen molar-refractivity contribution < 1.29 is 4.74 Å². The van der Waals surface area contributed by atoms with Gasteiger partial charge in [0.15, 0.2) is 0 Å². The number of benzene rings is 1. The molecule has 1 aromatic carbocycles. The predicted molar refractivity (Wildman–Crippen MR) is 80.5 cm³/mol. The predicted octanol–water partition coefficient (Wildman–Crippen LogP) is 3.92. The zero-order chi connectivity index (χ0) is 14.2. The first kappa shape index (κ1) is 14.4. The van der Waals surface area contributed by atoms with Gasteiger partial charge >= 0.3 is 0 Å². The number of methoxy groups -OCH3 is 1. The molecular formula is C17H27NO. The summed E-state index contributed by atoms with van der Waals surface area (Å²) < 4.78 is 5.67. The van der Waals surface area contributed by atoms with Crippen LogP contribution in [0.5, 0.6) is 5.75 Å². The summed E-state index contributed by atoms with van der Waals surface area (Å²) in [6.07, 6.45) is 3.39. The van der Waals surface area contributed by atoms with Gasteiger partial charge in [0.1, 0.15) is 5.75 Å². The van der Waals surface area contributed by atoms with Gasteiger partial charge in [-0.15, -0.1) is 0 Å². The lowest BCUT2D eigenvalue weighted by Crippen LogP contribution is -2.43. The monoisotopic (exact) mass is 261 g/mol. The van der Waals surface area contributed by atoms with Gasteiger partial charge in [0.05, 0.1) is 7.11 Å². The average Bonchev–Trinajstić information content (AvgIpc) is 2.30. The molecule has 0 aliphatic heterocycles. The maximum Gasteiger partial charge on any atom is 0.127 e. The van der Waals surface area contributed by atoms with E-state index in [1.165, 1.54) is 23.1 Å². The van der Waals surface area contributed by atoms with E-state index in [4.69, 9.17) is 10.5 Å². The fourth-order valence-electron chi connectivity index (χ4n) is 3.85. The van der Waals surface area contributed by atoms with Crippen molar-refractivity contribution >= 4 is 0 Å². The number of aryl methyl sites for hydroxylation is 1. The lowest BCUT2D eigenvalue weighted by Gasteiger charge is -2.41. The molecule has 1 fully saturated rings. The SMILES string of the molecule is COc1c(C2(N)CC(C)CC(C)C2)ccc(C)c1C. The topological polar surface area (TPSA) is 35.2 Å². The molecule has 19 heavy (non-hydrogen) atoms. The molecule has 0 bridgehead atoms. The summed E-state index contributed by atoms with van der Waals surface area (Å²) in [7, 11) is 1.75.